The molecule has 6 nitrogen and oxygen atoms in total. The fourth-order valence-electron chi connectivity index (χ4n) is 2.21. The lowest BCUT2D eigenvalue weighted by molar-refractivity contribution is 0.0689. The predicted octanol–water partition coefficient (Wildman–Crippen LogP) is 3.10. The van der Waals surface area contributed by atoms with E-state index in [0.29, 0.717) is 17.2 Å². The third kappa shape index (κ3) is 2.81. The Morgan fingerprint density at radius 3 is 2.68 bits per heavy atom. The number of hydrogen-bond donors (Lipinski definition) is 1. The highest BCUT2D eigenvalue weighted by Crippen LogP contribution is 2.43. The van der Waals surface area contributed by atoms with Gasteiger partial charge in [0.25, 0.3) is 0 Å². The summed E-state index contributed by atoms with van der Waals surface area (Å²) in [6, 6.07) is 5.24. The first kappa shape index (κ1) is 14.9. The Morgan fingerprint density at radius 1 is 1.41 bits per heavy atom. The van der Waals surface area contributed by atoms with Gasteiger partial charge in [0.2, 0.25) is 0 Å². The van der Waals surface area contributed by atoms with Gasteiger partial charge in [0.15, 0.2) is 17.2 Å². The van der Waals surface area contributed by atoms with Crippen molar-refractivity contribution < 1.29 is 19.4 Å². The minimum absolute atomic E-state index is 0.00573. The summed E-state index contributed by atoms with van der Waals surface area (Å²) in [4.78, 5) is 11.1. The molecule has 1 aliphatic rings. The maximum Gasteiger partial charge on any atom is 0.356 e. The van der Waals surface area contributed by atoms with Crippen LogP contribution in [0.1, 0.15) is 23.3 Å². The van der Waals surface area contributed by atoms with Crippen LogP contribution in [-0.2, 0) is 7.05 Å². The molecule has 22 heavy (non-hydrogen) atoms. The first-order valence-corrected chi connectivity index (χ1v) is 7.60. The molecule has 0 unspecified atom stereocenters. The van der Waals surface area contributed by atoms with E-state index in [0.717, 1.165) is 22.9 Å². The smallest absolute Gasteiger partial charge is 0.356 e. The second-order valence-electron chi connectivity index (χ2n) is 5.15. The maximum absolute atomic E-state index is 11.1. The van der Waals surface area contributed by atoms with Gasteiger partial charge < -0.3 is 14.6 Å². The number of aryl methyl sites for hydroxylation is 1. The number of methoxy groups -OCH3 is 1. The minimum atomic E-state index is -1.06. The van der Waals surface area contributed by atoms with Gasteiger partial charge in [-0.15, -0.1) is 0 Å². The number of ether oxygens (including phenoxy) is 2. The standard InChI is InChI=1S/C15H15BrN2O4/c1-18-12(7-11(17-18)15(19)20)10-5-8(16)6-13(21-2)14(10)22-9-3-4-9/h5-7,9H,3-4H2,1-2H3,(H,19,20). The van der Waals surface area contributed by atoms with E-state index in [4.69, 9.17) is 14.6 Å². The Balaban J connectivity index is 2.15. The highest BCUT2D eigenvalue weighted by Gasteiger charge is 2.28. The lowest BCUT2D eigenvalue weighted by Gasteiger charge is -2.15. The van der Waals surface area contributed by atoms with Gasteiger partial charge in [-0.05, 0) is 31.0 Å². The average molecular weight is 367 g/mol. The molecular weight excluding hydrogens is 352 g/mol. The fraction of sp³-hybridized carbons (Fsp3) is 0.333. The van der Waals surface area contributed by atoms with E-state index in [-0.39, 0.29) is 11.8 Å². The molecule has 3 rings (SSSR count). The Kier molecular flexibility index (Phi) is 3.82. The van der Waals surface area contributed by atoms with Crippen molar-refractivity contribution in [2.24, 2.45) is 7.05 Å². The first-order valence-electron chi connectivity index (χ1n) is 6.81. The van der Waals surface area contributed by atoms with Crippen LogP contribution in [0.3, 0.4) is 0 Å². The number of benzene rings is 1. The van der Waals surface area contributed by atoms with E-state index in [1.54, 1.807) is 14.2 Å². The van der Waals surface area contributed by atoms with Crippen molar-refractivity contribution in [2.75, 3.05) is 7.11 Å². The number of carboxylic acids is 1. The molecule has 116 valence electrons. The second-order valence-corrected chi connectivity index (χ2v) is 6.06. The third-order valence-corrected chi connectivity index (χ3v) is 3.88. The zero-order valence-electron chi connectivity index (χ0n) is 12.2. The number of nitrogens with zero attached hydrogens (tertiary/aromatic N) is 2. The number of aromatic carboxylic acids is 1. The van der Waals surface area contributed by atoms with Crippen LogP contribution in [0.2, 0.25) is 0 Å². The molecule has 0 atom stereocenters. The highest BCUT2D eigenvalue weighted by atomic mass is 79.9. The predicted molar refractivity (Wildman–Crippen MR) is 83.5 cm³/mol. The van der Waals surface area contributed by atoms with Gasteiger partial charge in [0.05, 0.1) is 18.9 Å². The summed E-state index contributed by atoms with van der Waals surface area (Å²) >= 11 is 3.45. The molecule has 1 fully saturated rings. The molecule has 1 N–H and O–H groups in total. The maximum atomic E-state index is 11.1. The van der Waals surface area contributed by atoms with E-state index in [1.807, 2.05) is 12.1 Å². The number of aromatic nitrogens is 2. The first-order chi connectivity index (χ1) is 10.5. The summed E-state index contributed by atoms with van der Waals surface area (Å²) in [6.07, 6.45) is 2.23. The molecule has 1 aliphatic carbocycles. The molecule has 1 heterocycles. The second kappa shape index (κ2) is 5.64. The summed E-state index contributed by atoms with van der Waals surface area (Å²) in [5.74, 6) is 0.163. The van der Waals surface area contributed by atoms with Crippen LogP contribution in [-0.4, -0.2) is 34.1 Å². The third-order valence-electron chi connectivity index (χ3n) is 3.42. The summed E-state index contributed by atoms with van der Waals surface area (Å²) in [5, 5.41) is 13.1. The number of carboxylic acid groups (broad SMARTS) is 1. The summed E-state index contributed by atoms with van der Waals surface area (Å²) < 4.78 is 13.7. The molecule has 0 aliphatic heterocycles. The molecule has 1 aromatic heterocycles. The van der Waals surface area contributed by atoms with Crippen LogP contribution >= 0.6 is 15.9 Å². The van der Waals surface area contributed by atoms with Gasteiger partial charge >= 0.3 is 5.97 Å². The van der Waals surface area contributed by atoms with Crippen molar-refractivity contribution >= 4 is 21.9 Å². The number of hydrogen-bond acceptors (Lipinski definition) is 4. The Morgan fingerprint density at radius 2 is 2.14 bits per heavy atom. The highest BCUT2D eigenvalue weighted by molar-refractivity contribution is 9.10. The molecular formula is C15H15BrN2O4. The van der Waals surface area contributed by atoms with Gasteiger partial charge in [-0.3, -0.25) is 4.68 Å². The molecule has 1 saturated carbocycles. The van der Waals surface area contributed by atoms with Crippen molar-refractivity contribution in [1.82, 2.24) is 9.78 Å². The van der Waals surface area contributed by atoms with Crippen molar-refractivity contribution in [1.29, 1.82) is 0 Å². The Labute approximate surface area is 135 Å². The molecule has 0 saturated heterocycles. The molecule has 0 spiro atoms. The monoisotopic (exact) mass is 366 g/mol. The van der Waals surface area contributed by atoms with Crippen LogP contribution in [0.15, 0.2) is 22.7 Å². The van der Waals surface area contributed by atoms with E-state index in [9.17, 15) is 4.79 Å². The molecule has 2 aromatic rings. The van der Waals surface area contributed by atoms with E-state index < -0.39 is 5.97 Å². The fourth-order valence-corrected chi connectivity index (χ4v) is 2.65. The van der Waals surface area contributed by atoms with Crippen LogP contribution in [0, 0.1) is 0 Å². The van der Waals surface area contributed by atoms with Gasteiger partial charge in [-0.1, -0.05) is 15.9 Å². The number of carbonyl (C=O) groups is 1. The van der Waals surface area contributed by atoms with Crippen molar-refractivity contribution in [2.45, 2.75) is 18.9 Å². The largest absolute Gasteiger partial charge is 0.493 e. The van der Waals surface area contributed by atoms with Crippen LogP contribution in [0.5, 0.6) is 11.5 Å². The van der Waals surface area contributed by atoms with Gasteiger partial charge in [-0.25, -0.2) is 4.79 Å². The van der Waals surface area contributed by atoms with Crippen LogP contribution in [0.4, 0.5) is 0 Å². The van der Waals surface area contributed by atoms with E-state index in [2.05, 4.69) is 21.0 Å². The van der Waals surface area contributed by atoms with Crippen molar-refractivity contribution in [3.8, 4) is 22.8 Å². The van der Waals surface area contributed by atoms with Gasteiger partial charge in [0.1, 0.15) is 0 Å². The van der Waals surface area contributed by atoms with E-state index >= 15 is 0 Å². The molecule has 0 bridgehead atoms. The zero-order valence-corrected chi connectivity index (χ0v) is 13.8. The normalized spacial score (nSPS) is 14.0. The molecule has 0 radical (unpaired) electrons. The SMILES string of the molecule is COc1cc(Br)cc(-c2cc(C(=O)O)nn2C)c1OC1CC1. The summed E-state index contributed by atoms with van der Waals surface area (Å²) in [6.45, 7) is 0. The summed E-state index contributed by atoms with van der Waals surface area (Å²) in [5.41, 5.74) is 1.40. The topological polar surface area (TPSA) is 73.6 Å². The summed E-state index contributed by atoms with van der Waals surface area (Å²) in [7, 11) is 3.29. The van der Waals surface area contributed by atoms with Gasteiger partial charge in [-0.2, -0.15) is 5.10 Å². The van der Waals surface area contributed by atoms with Gasteiger partial charge in [0, 0.05) is 17.1 Å². The molecule has 7 heteroatoms. The van der Waals surface area contributed by atoms with E-state index in [1.165, 1.54) is 10.7 Å². The quantitative estimate of drug-likeness (QED) is 0.879. The zero-order chi connectivity index (χ0) is 15.9. The number of rotatable bonds is 5. The molecule has 1 aromatic carbocycles. The average Bonchev–Trinajstić information content (AvgIpc) is 3.20. The number of halogens is 1. The van der Waals surface area contributed by atoms with Crippen LogP contribution in [0.25, 0.3) is 11.3 Å². The Bertz CT molecular complexity index is 737. The van der Waals surface area contributed by atoms with Crippen molar-refractivity contribution in [3.63, 3.8) is 0 Å². The van der Waals surface area contributed by atoms with Crippen LogP contribution < -0.4 is 9.47 Å². The molecule has 0 amide bonds. The van der Waals surface area contributed by atoms with Crippen molar-refractivity contribution in [3.05, 3.63) is 28.4 Å². The lowest BCUT2D eigenvalue weighted by Crippen LogP contribution is -2.03. The Hall–Kier alpha value is -2.02. The minimum Gasteiger partial charge on any atom is -0.493 e. The lowest BCUT2D eigenvalue weighted by atomic mass is 10.1.